The number of nitrogens with zero attached hydrogens (tertiary/aromatic N) is 3. The van der Waals surface area contributed by atoms with Gasteiger partial charge in [0.05, 0.1) is 26.0 Å². The average molecular weight is 438 g/mol. The Balaban J connectivity index is 2.30. The molecule has 0 amide bonds. The van der Waals surface area contributed by atoms with Gasteiger partial charge in [-0.2, -0.15) is 15.0 Å². The highest BCUT2D eigenvalue weighted by atomic mass is 32.2. The van der Waals surface area contributed by atoms with Gasteiger partial charge in [-0.3, -0.25) is 4.72 Å². The molecule has 1 unspecified atom stereocenters. The Hall–Kier alpha value is -2.46. The third kappa shape index (κ3) is 7.75. The summed E-state index contributed by atoms with van der Waals surface area (Å²) in [5.41, 5.74) is 1.05. The molecule has 0 aliphatic heterocycles. The third-order valence-corrected chi connectivity index (χ3v) is 4.97. The molecule has 0 spiro atoms. The summed E-state index contributed by atoms with van der Waals surface area (Å²) in [5, 5.41) is 12.7. The maximum Gasteiger partial charge on any atom is 0.241 e. The van der Waals surface area contributed by atoms with Crippen molar-refractivity contribution in [2.45, 2.75) is 45.6 Å². The lowest BCUT2D eigenvalue weighted by Gasteiger charge is -2.19. The van der Waals surface area contributed by atoms with Gasteiger partial charge in [-0.15, -0.1) is 0 Å². The smallest absolute Gasteiger partial charge is 0.241 e. The van der Waals surface area contributed by atoms with Crippen LogP contribution in [0.1, 0.15) is 44.5 Å². The zero-order valence-corrected chi connectivity index (χ0v) is 18.9. The van der Waals surface area contributed by atoms with Crippen molar-refractivity contribution in [1.29, 1.82) is 0 Å². The zero-order chi connectivity index (χ0) is 22.3. The van der Waals surface area contributed by atoms with E-state index in [4.69, 9.17) is 4.74 Å². The number of hydrogen-bond acceptors (Lipinski definition) is 8. The predicted octanol–water partition coefficient (Wildman–Crippen LogP) is 2.42. The van der Waals surface area contributed by atoms with Crippen LogP contribution in [0.3, 0.4) is 0 Å². The predicted molar refractivity (Wildman–Crippen MR) is 117 cm³/mol. The molecule has 0 radical (unpaired) electrons. The highest BCUT2D eigenvalue weighted by Gasteiger charge is 2.17. The molecular weight excluding hydrogens is 406 g/mol. The Morgan fingerprint density at radius 2 is 1.83 bits per heavy atom. The summed E-state index contributed by atoms with van der Waals surface area (Å²) >= 11 is 0. The molecule has 0 bridgehead atoms. The van der Waals surface area contributed by atoms with Crippen LogP contribution < -0.4 is 14.8 Å². The van der Waals surface area contributed by atoms with Crippen molar-refractivity contribution in [3.8, 4) is 5.75 Å². The number of hydrogen-bond donors (Lipinski definition) is 3. The average Bonchev–Trinajstić information content (AvgIpc) is 2.65. The number of aliphatic hydroxyl groups is 1. The maximum atomic E-state index is 11.7. The van der Waals surface area contributed by atoms with E-state index in [0.29, 0.717) is 24.6 Å². The number of aliphatic hydroxyl groups excluding tert-OH is 1. The van der Waals surface area contributed by atoms with Crippen LogP contribution in [0.4, 0.5) is 11.9 Å². The molecule has 2 rings (SSSR count). The number of methoxy groups -OCH3 is 1. The van der Waals surface area contributed by atoms with E-state index in [9.17, 15) is 13.5 Å². The van der Waals surface area contributed by atoms with Crippen molar-refractivity contribution in [2.24, 2.45) is 5.92 Å². The molecule has 166 valence electrons. The summed E-state index contributed by atoms with van der Waals surface area (Å²) in [6.45, 7) is 6.05. The lowest BCUT2D eigenvalue weighted by molar-refractivity contribution is 0.259. The lowest BCUT2D eigenvalue weighted by atomic mass is 9.97. The van der Waals surface area contributed by atoms with Crippen molar-refractivity contribution in [2.75, 3.05) is 30.0 Å². The van der Waals surface area contributed by atoms with Crippen molar-refractivity contribution in [3.05, 3.63) is 35.7 Å². The minimum absolute atomic E-state index is 0.0518. The van der Waals surface area contributed by atoms with Gasteiger partial charge in [-0.25, -0.2) is 8.42 Å². The molecule has 9 nitrogen and oxygen atoms in total. The van der Waals surface area contributed by atoms with Crippen LogP contribution >= 0.6 is 0 Å². The van der Waals surface area contributed by atoms with Crippen LogP contribution in [0.2, 0.25) is 0 Å². The van der Waals surface area contributed by atoms with Crippen molar-refractivity contribution >= 4 is 21.9 Å². The topological polar surface area (TPSA) is 126 Å². The second-order valence-corrected chi connectivity index (χ2v) is 9.56. The molecule has 1 aromatic heterocycles. The molecule has 0 aliphatic rings. The second kappa shape index (κ2) is 10.5. The highest BCUT2D eigenvalue weighted by molar-refractivity contribution is 7.91. The lowest BCUT2D eigenvalue weighted by Crippen LogP contribution is -2.27. The van der Waals surface area contributed by atoms with Crippen LogP contribution in [0.25, 0.3) is 0 Å². The summed E-state index contributed by atoms with van der Waals surface area (Å²) in [4.78, 5) is 12.9. The fourth-order valence-corrected chi connectivity index (χ4v) is 3.48. The van der Waals surface area contributed by atoms with E-state index < -0.39 is 10.0 Å². The molecule has 0 aliphatic carbocycles. The van der Waals surface area contributed by atoms with E-state index >= 15 is 0 Å². The number of sulfonamides is 1. The molecule has 0 saturated heterocycles. The van der Waals surface area contributed by atoms with Gasteiger partial charge in [-0.1, -0.05) is 32.9 Å². The Kier molecular flexibility index (Phi) is 8.36. The van der Waals surface area contributed by atoms with Crippen LogP contribution in [0.15, 0.2) is 24.3 Å². The van der Waals surface area contributed by atoms with Gasteiger partial charge >= 0.3 is 0 Å². The van der Waals surface area contributed by atoms with Gasteiger partial charge in [0.1, 0.15) is 11.6 Å². The van der Waals surface area contributed by atoms with Gasteiger partial charge in [-0.05, 0) is 36.0 Å². The van der Waals surface area contributed by atoms with Gasteiger partial charge < -0.3 is 15.2 Å². The van der Waals surface area contributed by atoms with Gasteiger partial charge in [0.15, 0.2) is 0 Å². The summed E-state index contributed by atoms with van der Waals surface area (Å²) in [6, 6.07) is 7.49. The molecule has 0 fully saturated rings. The maximum absolute atomic E-state index is 11.7. The Bertz CT molecular complexity index is 937. The Labute approximate surface area is 178 Å². The molecule has 2 atom stereocenters. The van der Waals surface area contributed by atoms with Crippen LogP contribution in [0.5, 0.6) is 5.75 Å². The first-order valence-corrected chi connectivity index (χ1v) is 11.7. The van der Waals surface area contributed by atoms with E-state index in [2.05, 4.69) is 38.8 Å². The van der Waals surface area contributed by atoms with Crippen molar-refractivity contribution in [3.63, 3.8) is 0 Å². The summed E-state index contributed by atoms with van der Waals surface area (Å²) < 4.78 is 30.9. The minimum atomic E-state index is -3.55. The van der Waals surface area contributed by atoms with E-state index in [1.165, 1.54) is 0 Å². The monoisotopic (exact) mass is 437 g/mol. The summed E-state index contributed by atoms with van der Waals surface area (Å²) in [7, 11) is -1.93. The minimum Gasteiger partial charge on any atom is -0.497 e. The normalized spacial score (nSPS) is 13.7. The number of benzene rings is 1. The standard InChI is InChI=1S/C20H31N5O4S/c1-13(2)9-16(12-26)21-19-22-18(23-20(24-19)25-30(5,27)28)10-14(3)15-7-6-8-17(11-15)29-4/h6-8,11,13-14,16,26H,9-10,12H2,1-5H3,(H2,21,22,23,24,25)/t14?,16-/m1/s1. The number of nitrogens with one attached hydrogen (secondary N) is 2. The SMILES string of the molecule is COc1cccc(C(C)Cc2nc(N[C@@H](CO)CC(C)C)nc(NS(C)(=O)=O)n2)c1. The molecule has 2 aromatic rings. The number of rotatable bonds is 11. The van der Waals surface area contributed by atoms with E-state index in [0.717, 1.165) is 17.6 Å². The van der Waals surface area contributed by atoms with Crippen molar-refractivity contribution in [1.82, 2.24) is 15.0 Å². The molecule has 1 heterocycles. The number of ether oxygens (including phenoxy) is 1. The number of anilines is 2. The molecular formula is C20H31N5O4S. The molecule has 3 N–H and O–H groups in total. The first-order valence-electron chi connectivity index (χ1n) is 9.83. The molecule has 30 heavy (non-hydrogen) atoms. The first-order chi connectivity index (χ1) is 14.1. The molecule has 1 aromatic carbocycles. The van der Waals surface area contributed by atoms with Gasteiger partial charge in [0, 0.05) is 6.42 Å². The quantitative estimate of drug-likeness (QED) is 0.489. The van der Waals surface area contributed by atoms with Gasteiger partial charge in [0.2, 0.25) is 21.9 Å². The Morgan fingerprint density at radius 1 is 1.13 bits per heavy atom. The highest BCUT2D eigenvalue weighted by Crippen LogP contribution is 2.24. The second-order valence-electron chi connectivity index (χ2n) is 7.81. The zero-order valence-electron chi connectivity index (χ0n) is 18.1. The van der Waals surface area contributed by atoms with Crippen molar-refractivity contribution < 1.29 is 18.3 Å². The van der Waals surface area contributed by atoms with Gasteiger partial charge in [0.25, 0.3) is 0 Å². The first kappa shape index (κ1) is 23.8. The molecule has 0 saturated carbocycles. The van der Waals surface area contributed by atoms with Crippen LogP contribution in [-0.4, -0.2) is 54.5 Å². The van der Waals surface area contributed by atoms with E-state index in [1.54, 1.807) is 7.11 Å². The fourth-order valence-electron chi connectivity index (χ4n) is 3.06. The number of aromatic nitrogens is 3. The summed E-state index contributed by atoms with van der Waals surface area (Å²) in [6.07, 6.45) is 2.22. The third-order valence-electron chi connectivity index (χ3n) is 4.42. The van der Waals surface area contributed by atoms with E-state index in [-0.39, 0.29) is 30.5 Å². The summed E-state index contributed by atoms with van der Waals surface area (Å²) in [5.74, 6) is 1.79. The molecule has 10 heteroatoms. The Morgan fingerprint density at radius 3 is 2.43 bits per heavy atom. The van der Waals surface area contributed by atoms with E-state index in [1.807, 2.05) is 31.2 Å². The van der Waals surface area contributed by atoms with Crippen LogP contribution in [-0.2, 0) is 16.4 Å². The largest absolute Gasteiger partial charge is 0.497 e. The van der Waals surface area contributed by atoms with Crippen LogP contribution in [0, 0.1) is 5.92 Å². The fraction of sp³-hybridized carbons (Fsp3) is 0.550.